The van der Waals surface area contributed by atoms with E-state index in [1.807, 2.05) is 0 Å². The molecule has 2 N–H and O–H groups in total. The molecule has 1 fully saturated rings. The number of phenolic OH excluding ortho intramolecular Hbond substituents is 2. The van der Waals surface area contributed by atoms with Gasteiger partial charge in [0.2, 0.25) is 0 Å². The van der Waals surface area contributed by atoms with Gasteiger partial charge in [0.15, 0.2) is 0 Å². The third-order valence-corrected chi connectivity index (χ3v) is 5.11. The molecule has 0 bridgehead atoms. The molecule has 0 aliphatic carbocycles. The fourth-order valence-electron chi connectivity index (χ4n) is 2.88. The molecule has 0 spiro atoms. The fraction of sp³-hybridized carbons (Fsp3) is 0.0500. The number of nitrogens with zero attached hydrogens (tertiary/aromatic N) is 1. The summed E-state index contributed by atoms with van der Waals surface area (Å²) in [5.74, 6) is -0.426. The molecule has 3 aromatic rings. The standard InChI is InChI=1S/C20H13NO6S/c22-13-3-1-11(2-4-13)7-17-19(25)21(20(26)28-17)10-12-8-18(24)27-16-9-14(23)5-6-15(12)16/h1-9,22-23H,10H2/b17-7-. The molecule has 2 aromatic carbocycles. The highest BCUT2D eigenvalue weighted by Gasteiger charge is 2.35. The zero-order chi connectivity index (χ0) is 19.8. The Morgan fingerprint density at radius 1 is 0.964 bits per heavy atom. The number of phenols is 2. The molecule has 1 aromatic heterocycles. The van der Waals surface area contributed by atoms with E-state index in [4.69, 9.17) is 4.42 Å². The predicted octanol–water partition coefficient (Wildman–Crippen LogP) is 3.44. The number of carbonyl (C=O) groups excluding carboxylic acids is 2. The first-order chi connectivity index (χ1) is 13.4. The van der Waals surface area contributed by atoms with Gasteiger partial charge < -0.3 is 14.6 Å². The van der Waals surface area contributed by atoms with Crippen molar-refractivity contribution in [3.63, 3.8) is 0 Å². The van der Waals surface area contributed by atoms with E-state index < -0.39 is 16.8 Å². The second-order valence-corrected chi connectivity index (χ2v) is 7.12. The van der Waals surface area contributed by atoms with Crippen LogP contribution in [0.3, 0.4) is 0 Å². The minimum Gasteiger partial charge on any atom is -0.508 e. The number of carbonyl (C=O) groups is 2. The summed E-state index contributed by atoms with van der Waals surface area (Å²) < 4.78 is 5.07. The van der Waals surface area contributed by atoms with Gasteiger partial charge in [0.1, 0.15) is 17.1 Å². The first-order valence-electron chi connectivity index (χ1n) is 8.21. The highest BCUT2D eigenvalue weighted by molar-refractivity contribution is 8.18. The van der Waals surface area contributed by atoms with Gasteiger partial charge in [-0.25, -0.2) is 4.79 Å². The van der Waals surface area contributed by atoms with Crippen molar-refractivity contribution in [2.24, 2.45) is 0 Å². The number of rotatable bonds is 3. The molecule has 1 aliphatic heterocycles. The molecule has 1 saturated heterocycles. The van der Waals surface area contributed by atoms with E-state index in [9.17, 15) is 24.6 Å². The lowest BCUT2D eigenvalue weighted by atomic mass is 10.1. The molecule has 0 atom stereocenters. The highest BCUT2D eigenvalue weighted by atomic mass is 32.2. The van der Waals surface area contributed by atoms with Gasteiger partial charge in [-0.15, -0.1) is 0 Å². The lowest BCUT2D eigenvalue weighted by Gasteiger charge is -2.13. The number of hydrogen-bond acceptors (Lipinski definition) is 7. The van der Waals surface area contributed by atoms with Crippen LogP contribution in [0, 0.1) is 0 Å². The van der Waals surface area contributed by atoms with E-state index >= 15 is 0 Å². The van der Waals surface area contributed by atoms with Crippen LogP contribution in [-0.4, -0.2) is 26.3 Å². The number of amides is 2. The van der Waals surface area contributed by atoms with Gasteiger partial charge >= 0.3 is 5.63 Å². The van der Waals surface area contributed by atoms with Crippen LogP contribution in [0.15, 0.2) is 62.6 Å². The van der Waals surface area contributed by atoms with Crippen LogP contribution < -0.4 is 5.63 Å². The van der Waals surface area contributed by atoms with Crippen molar-refractivity contribution in [3.8, 4) is 11.5 Å². The lowest BCUT2D eigenvalue weighted by Crippen LogP contribution is -2.28. The predicted molar refractivity (Wildman–Crippen MR) is 104 cm³/mol. The van der Waals surface area contributed by atoms with E-state index in [1.54, 1.807) is 24.3 Å². The maximum absolute atomic E-state index is 12.7. The third-order valence-electron chi connectivity index (χ3n) is 4.21. The van der Waals surface area contributed by atoms with Crippen molar-refractivity contribution in [2.75, 3.05) is 0 Å². The van der Waals surface area contributed by atoms with Crippen LogP contribution in [0.25, 0.3) is 17.0 Å². The summed E-state index contributed by atoms with van der Waals surface area (Å²) in [6, 6.07) is 11.8. The molecule has 7 nitrogen and oxygen atoms in total. The third kappa shape index (κ3) is 3.37. The summed E-state index contributed by atoms with van der Waals surface area (Å²) in [5, 5.41) is 19.0. The Hall–Kier alpha value is -3.52. The van der Waals surface area contributed by atoms with Crippen molar-refractivity contribution in [2.45, 2.75) is 6.54 Å². The van der Waals surface area contributed by atoms with Gasteiger partial charge in [0.25, 0.3) is 11.1 Å². The average molecular weight is 395 g/mol. The monoisotopic (exact) mass is 395 g/mol. The maximum Gasteiger partial charge on any atom is 0.336 e. The van der Waals surface area contributed by atoms with E-state index in [1.165, 1.54) is 30.3 Å². The molecular weight excluding hydrogens is 382 g/mol. The van der Waals surface area contributed by atoms with Crippen molar-refractivity contribution in [3.05, 3.63) is 75.0 Å². The molecule has 0 saturated carbocycles. The van der Waals surface area contributed by atoms with Crippen molar-refractivity contribution in [1.82, 2.24) is 4.90 Å². The molecule has 4 rings (SSSR count). The Morgan fingerprint density at radius 3 is 2.43 bits per heavy atom. The minimum absolute atomic E-state index is 0.0594. The van der Waals surface area contributed by atoms with E-state index in [0.29, 0.717) is 16.5 Å². The van der Waals surface area contributed by atoms with Gasteiger partial charge in [0, 0.05) is 17.5 Å². The zero-order valence-corrected chi connectivity index (χ0v) is 15.1. The molecule has 0 radical (unpaired) electrons. The molecule has 8 heteroatoms. The molecule has 28 heavy (non-hydrogen) atoms. The van der Waals surface area contributed by atoms with E-state index in [0.717, 1.165) is 16.7 Å². The summed E-state index contributed by atoms with van der Waals surface area (Å²) in [5.41, 5.74) is 0.651. The minimum atomic E-state index is -0.639. The SMILES string of the molecule is O=C1S/C(=C\c2ccc(O)cc2)C(=O)N1Cc1cc(=O)oc2cc(O)ccc12. The Bertz CT molecular complexity index is 1200. The number of imide groups is 1. The van der Waals surface area contributed by atoms with Crippen LogP contribution in [0.2, 0.25) is 0 Å². The van der Waals surface area contributed by atoms with Crippen LogP contribution in [0.4, 0.5) is 4.79 Å². The van der Waals surface area contributed by atoms with Crippen LogP contribution in [0.5, 0.6) is 11.5 Å². The van der Waals surface area contributed by atoms with Crippen molar-refractivity contribution in [1.29, 1.82) is 0 Å². The quantitative estimate of drug-likeness (QED) is 0.516. The Kier molecular flexibility index (Phi) is 4.40. The summed E-state index contributed by atoms with van der Waals surface area (Å²) in [4.78, 5) is 38.2. The molecule has 1 aliphatic rings. The van der Waals surface area contributed by atoms with E-state index in [-0.39, 0.29) is 28.5 Å². The van der Waals surface area contributed by atoms with Crippen molar-refractivity contribution < 1.29 is 24.2 Å². The number of thioether (sulfide) groups is 1. The second kappa shape index (κ2) is 6.90. The topological polar surface area (TPSA) is 108 Å². The van der Waals surface area contributed by atoms with E-state index in [2.05, 4.69) is 0 Å². The Labute approximate surface area is 162 Å². The molecule has 0 unspecified atom stereocenters. The molecule has 140 valence electrons. The average Bonchev–Trinajstić information content (AvgIpc) is 2.90. The smallest absolute Gasteiger partial charge is 0.336 e. The Morgan fingerprint density at radius 2 is 1.68 bits per heavy atom. The summed E-state index contributed by atoms with van der Waals surface area (Å²) >= 11 is 0.807. The van der Waals surface area contributed by atoms with Gasteiger partial charge in [-0.3, -0.25) is 14.5 Å². The van der Waals surface area contributed by atoms with Crippen LogP contribution in [0.1, 0.15) is 11.1 Å². The molecule has 2 heterocycles. The van der Waals surface area contributed by atoms with Crippen molar-refractivity contribution >= 4 is 40.0 Å². The number of aromatic hydroxyl groups is 2. The lowest BCUT2D eigenvalue weighted by molar-refractivity contribution is -0.123. The fourth-order valence-corrected chi connectivity index (χ4v) is 3.72. The highest BCUT2D eigenvalue weighted by Crippen LogP contribution is 2.34. The second-order valence-electron chi connectivity index (χ2n) is 6.13. The normalized spacial score (nSPS) is 15.7. The Balaban J connectivity index is 1.66. The molecule has 2 amide bonds. The van der Waals surface area contributed by atoms with Gasteiger partial charge in [-0.1, -0.05) is 12.1 Å². The van der Waals surface area contributed by atoms with Gasteiger partial charge in [-0.2, -0.15) is 0 Å². The molecular formula is C20H13NO6S. The van der Waals surface area contributed by atoms with Gasteiger partial charge in [-0.05, 0) is 53.2 Å². The number of hydrogen-bond donors (Lipinski definition) is 2. The summed E-state index contributed by atoms with van der Waals surface area (Å²) in [6.07, 6.45) is 1.57. The maximum atomic E-state index is 12.7. The summed E-state index contributed by atoms with van der Waals surface area (Å²) in [7, 11) is 0. The largest absolute Gasteiger partial charge is 0.508 e. The van der Waals surface area contributed by atoms with Crippen LogP contribution >= 0.6 is 11.8 Å². The first-order valence-corrected chi connectivity index (χ1v) is 9.02. The van der Waals surface area contributed by atoms with Gasteiger partial charge in [0.05, 0.1) is 11.4 Å². The number of benzene rings is 2. The number of fused-ring (bicyclic) bond motifs is 1. The zero-order valence-electron chi connectivity index (χ0n) is 14.3. The van der Waals surface area contributed by atoms with Crippen LogP contribution in [-0.2, 0) is 11.3 Å². The first kappa shape index (κ1) is 17.9. The summed E-state index contributed by atoms with van der Waals surface area (Å²) in [6.45, 7) is -0.0928.